The van der Waals surface area contributed by atoms with Crippen molar-refractivity contribution in [2.24, 2.45) is 0 Å². The first-order chi connectivity index (χ1) is 7.40. The molecule has 0 amide bonds. The lowest BCUT2D eigenvalue weighted by Crippen LogP contribution is -2.08. The van der Waals surface area contributed by atoms with Gasteiger partial charge in [0.25, 0.3) is 0 Å². The predicted molar refractivity (Wildman–Crippen MR) is 64.1 cm³/mol. The van der Waals surface area contributed by atoms with E-state index in [1.165, 1.54) is 5.01 Å². The van der Waals surface area contributed by atoms with Crippen LogP contribution in [0.1, 0.15) is 11.4 Å². The molecule has 0 aliphatic carbocycles. The van der Waals surface area contributed by atoms with E-state index in [-0.39, 0.29) is 0 Å². The van der Waals surface area contributed by atoms with Crippen molar-refractivity contribution in [1.82, 2.24) is 15.3 Å². The SMILES string of the molecule is CNCCCc1nc(-c2ccc[nH]2)cs1. The van der Waals surface area contributed by atoms with Crippen molar-refractivity contribution >= 4 is 11.3 Å². The standard InChI is InChI=1S/C11H15N3S/c1-12-6-3-5-11-14-10(8-15-11)9-4-2-7-13-9/h2,4,7-8,12-13H,3,5-6H2,1H3. The highest BCUT2D eigenvalue weighted by Crippen LogP contribution is 2.20. The van der Waals surface area contributed by atoms with Crippen molar-refractivity contribution in [1.29, 1.82) is 0 Å². The Bertz CT molecular complexity index is 392. The maximum absolute atomic E-state index is 4.58. The molecule has 0 atom stereocenters. The molecule has 0 aliphatic rings. The lowest BCUT2D eigenvalue weighted by molar-refractivity contribution is 0.722. The van der Waals surface area contributed by atoms with E-state index in [1.54, 1.807) is 11.3 Å². The molecule has 15 heavy (non-hydrogen) atoms. The second-order valence-electron chi connectivity index (χ2n) is 3.42. The van der Waals surface area contributed by atoms with Crippen LogP contribution in [0.2, 0.25) is 0 Å². The fraction of sp³-hybridized carbons (Fsp3) is 0.364. The van der Waals surface area contributed by atoms with Gasteiger partial charge in [-0.1, -0.05) is 0 Å². The van der Waals surface area contributed by atoms with Gasteiger partial charge in [0.2, 0.25) is 0 Å². The van der Waals surface area contributed by atoms with E-state index in [9.17, 15) is 0 Å². The maximum atomic E-state index is 4.58. The molecule has 2 N–H and O–H groups in total. The summed E-state index contributed by atoms with van der Waals surface area (Å²) in [5.74, 6) is 0. The fourth-order valence-electron chi connectivity index (χ4n) is 1.46. The van der Waals surface area contributed by atoms with Crippen molar-refractivity contribution in [3.8, 4) is 11.4 Å². The third-order valence-electron chi connectivity index (χ3n) is 2.24. The Morgan fingerprint density at radius 1 is 1.53 bits per heavy atom. The van der Waals surface area contributed by atoms with E-state index in [2.05, 4.69) is 20.7 Å². The first-order valence-corrected chi connectivity index (χ1v) is 6.01. The van der Waals surface area contributed by atoms with Crippen LogP contribution in [0.3, 0.4) is 0 Å². The van der Waals surface area contributed by atoms with Crippen molar-refractivity contribution < 1.29 is 0 Å². The van der Waals surface area contributed by atoms with Gasteiger partial charge < -0.3 is 10.3 Å². The van der Waals surface area contributed by atoms with E-state index in [0.717, 1.165) is 30.8 Å². The Morgan fingerprint density at radius 2 is 2.47 bits per heavy atom. The minimum absolute atomic E-state index is 1.05. The van der Waals surface area contributed by atoms with Crippen LogP contribution in [0.25, 0.3) is 11.4 Å². The van der Waals surface area contributed by atoms with Crippen LogP contribution in [0.15, 0.2) is 23.7 Å². The van der Waals surface area contributed by atoms with Crippen molar-refractivity contribution in [2.75, 3.05) is 13.6 Å². The highest BCUT2D eigenvalue weighted by atomic mass is 32.1. The Kier molecular flexibility index (Phi) is 3.53. The zero-order valence-electron chi connectivity index (χ0n) is 8.79. The van der Waals surface area contributed by atoms with Gasteiger partial charge in [-0.2, -0.15) is 0 Å². The van der Waals surface area contributed by atoms with Crippen LogP contribution >= 0.6 is 11.3 Å². The quantitative estimate of drug-likeness (QED) is 0.761. The van der Waals surface area contributed by atoms with Gasteiger partial charge in [0.05, 0.1) is 16.4 Å². The lowest BCUT2D eigenvalue weighted by Gasteiger charge is -1.95. The molecule has 0 aliphatic heterocycles. The molecule has 0 fully saturated rings. The van der Waals surface area contributed by atoms with Gasteiger partial charge in [0.1, 0.15) is 0 Å². The molecular formula is C11H15N3S. The number of aromatic nitrogens is 2. The Hall–Kier alpha value is -1.13. The summed E-state index contributed by atoms with van der Waals surface area (Å²) in [6.07, 6.45) is 4.13. The molecular weight excluding hydrogens is 206 g/mol. The summed E-state index contributed by atoms with van der Waals surface area (Å²) >= 11 is 1.74. The monoisotopic (exact) mass is 221 g/mol. The average molecular weight is 221 g/mol. The number of H-pyrrole nitrogens is 1. The van der Waals surface area contributed by atoms with Crippen molar-refractivity contribution in [2.45, 2.75) is 12.8 Å². The number of nitrogens with one attached hydrogen (secondary N) is 2. The summed E-state index contributed by atoms with van der Waals surface area (Å²) in [4.78, 5) is 7.75. The van der Waals surface area contributed by atoms with E-state index in [0.29, 0.717) is 0 Å². The molecule has 2 aromatic rings. The topological polar surface area (TPSA) is 40.7 Å². The molecule has 2 rings (SSSR count). The minimum Gasteiger partial charge on any atom is -0.360 e. The molecule has 0 bridgehead atoms. The smallest absolute Gasteiger partial charge is 0.0976 e. The zero-order chi connectivity index (χ0) is 10.5. The van der Waals surface area contributed by atoms with Crippen LogP contribution in [0, 0.1) is 0 Å². The van der Waals surface area contributed by atoms with Gasteiger partial charge >= 0.3 is 0 Å². The lowest BCUT2D eigenvalue weighted by atomic mass is 10.3. The van der Waals surface area contributed by atoms with Crippen molar-refractivity contribution in [3.05, 3.63) is 28.7 Å². The van der Waals surface area contributed by atoms with E-state index < -0.39 is 0 Å². The Balaban J connectivity index is 1.98. The molecule has 0 radical (unpaired) electrons. The van der Waals surface area contributed by atoms with Gasteiger partial charge in [-0.3, -0.25) is 0 Å². The van der Waals surface area contributed by atoms with Crippen LogP contribution < -0.4 is 5.32 Å². The molecule has 0 unspecified atom stereocenters. The zero-order valence-corrected chi connectivity index (χ0v) is 9.60. The summed E-state index contributed by atoms with van der Waals surface area (Å²) in [6, 6.07) is 4.04. The molecule has 0 spiro atoms. The summed E-state index contributed by atoms with van der Waals surface area (Å²) in [5.41, 5.74) is 2.16. The van der Waals surface area contributed by atoms with Crippen molar-refractivity contribution in [3.63, 3.8) is 0 Å². The highest BCUT2D eigenvalue weighted by molar-refractivity contribution is 7.09. The minimum atomic E-state index is 1.05. The third-order valence-corrected chi connectivity index (χ3v) is 3.15. The first-order valence-electron chi connectivity index (χ1n) is 5.13. The summed E-state index contributed by atoms with van der Waals surface area (Å²) in [7, 11) is 1.98. The first kappa shape index (κ1) is 10.4. The molecule has 2 aromatic heterocycles. The second-order valence-corrected chi connectivity index (χ2v) is 4.36. The summed E-state index contributed by atoms with van der Waals surface area (Å²) in [5, 5.41) is 6.47. The van der Waals surface area contributed by atoms with E-state index in [4.69, 9.17) is 0 Å². The summed E-state index contributed by atoms with van der Waals surface area (Å²) in [6.45, 7) is 1.05. The Labute approximate surface area is 93.6 Å². The molecule has 0 saturated heterocycles. The highest BCUT2D eigenvalue weighted by Gasteiger charge is 2.04. The maximum Gasteiger partial charge on any atom is 0.0976 e. The Morgan fingerprint density at radius 3 is 3.20 bits per heavy atom. The van der Waals surface area contributed by atoms with Crippen LogP contribution in [0.4, 0.5) is 0 Å². The second kappa shape index (κ2) is 5.09. The number of nitrogens with zero attached hydrogens (tertiary/aromatic N) is 1. The van der Waals surface area contributed by atoms with Gasteiger partial charge in [0.15, 0.2) is 0 Å². The van der Waals surface area contributed by atoms with Crippen LogP contribution in [-0.4, -0.2) is 23.6 Å². The average Bonchev–Trinajstić information content (AvgIpc) is 2.87. The van der Waals surface area contributed by atoms with E-state index >= 15 is 0 Å². The number of aromatic amines is 1. The normalized spacial score (nSPS) is 10.7. The number of rotatable bonds is 5. The predicted octanol–water partition coefficient (Wildman–Crippen LogP) is 2.29. The van der Waals surface area contributed by atoms with Crippen LogP contribution in [-0.2, 0) is 6.42 Å². The van der Waals surface area contributed by atoms with Gasteiger partial charge in [-0.25, -0.2) is 4.98 Å². The van der Waals surface area contributed by atoms with Gasteiger partial charge in [-0.05, 0) is 32.1 Å². The number of hydrogen-bond donors (Lipinski definition) is 2. The molecule has 80 valence electrons. The third kappa shape index (κ3) is 2.67. The molecule has 3 nitrogen and oxygen atoms in total. The number of thiazole rings is 1. The molecule has 4 heteroatoms. The fourth-order valence-corrected chi connectivity index (χ4v) is 2.30. The summed E-state index contributed by atoms with van der Waals surface area (Å²) < 4.78 is 0. The molecule has 0 saturated carbocycles. The van der Waals surface area contributed by atoms with Crippen LogP contribution in [0.5, 0.6) is 0 Å². The number of aryl methyl sites for hydroxylation is 1. The van der Waals surface area contributed by atoms with E-state index in [1.807, 2.05) is 25.4 Å². The molecule has 0 aromatic carbocycles. The molecule has 2 heterocycles. The largest absolute Gasteiger partial charge is 0.360 e. The van der Waals surface area contributed by atoms with Gasteiger partial charge in [0, 0.05) is 18.0 Å². The van der Waals surface area contributed by atoms with Gasteiger partial charge in [-0.15, -0.1) is 11.3 Å². The number of hydrogen-bond acceptors (Lipinski definition) is 3.